The zero-order valence-electron chi connectivity index (χ0n) is 20.5. The number of rotatable bonds is 13. The van der Waals surface area contributed by atoms with Crippen LogP contribution in [0.5, 0.6) is 11.5 Å². The van der Waals surface area contributed by atoms with E-state index in [1.165, 1.54) is 64.3 Å². The second-order valence-corrected chi connectivity index (χ2v) is 10.1. The fraction of sp³-hybridized carbons (Fsp3) is 0.731. The molecule has 2 aliphatic heterocycles. The lowest BCUT2D eigenvalue weighted by Gasteiger charge is -2.33. The monoisotopic (exact) mass is 516 g/mol. The van der Waals surface area contributed by atoms with Crippen molar-refractivity contribution < 1.29 is 19.4 Å². The molecular formula is C26H42Cl2N2O4. The number of nitrogen functional groups attached to an aromatic ring is 1. The van der Waals surface area contributed by atoms with E-state index in [9.17, 15) is 9.90 Å². The number of likely N-dealkylation sites (tertiary alicyclic amines) is 1. The van der Waals surface area contributed by atoms with Gasteiger partial charge in [-0.15, -0.1) is 12.4 Å². The normalized spacial score (nSPS) is 18.5. The van der Waals surface area contributed by atoms with E-state index in [0.717, 1.165) is 37.9 Å². The van der Waals surface area contributed by atoms with Gasteiger partial charge >= 0.3 is 5.97 Å². The molecular weight excluding hydrogens is 475 g/mol. The van der Waals surface area contributed by atoms with E-state index >= 15 is 0 Å². The Hall–Kier alpha value is -1.37. The molecule has 1 aromatic rings. The lowest BCUT2D eigenvalue weighted by Crippen LogP contribution is -2.37. The summed E-state index contributed by atoms with van der Waals surface area (Å²) in [6.07, 6.45) is 14.4. The average Bonchev–Trinajstić information content (AvgIpc) is 2.82. The maximum absolute atomic E-state index is 11.3. The Morgan fingerprint density at radius 2 is 1.71 bits per heavy atom. The molecule has 34 heavy (non-hydrogen) atoms. The number of piperidine rings is 1. The van der Waals surface area contributed by atoms with Crippen LogP contribution in [-0.4, -0.2) is 48.3 Å². The molecule has 0 amide bonds. The number of hydrogen-bond donors (Lipinski definition) is 2. The van der Waals surface area contributed by atoms with E-state index in [1.54, 1.807) is 0 Å². The number of carboxylic acids is 1. The first-order chi connectivity index (χ1) is 16.0. The standard InChI is InChI=1S/C26H41ClN2O4.ClH/c1-2-3-4-5-6-7-8-9-10-13-29-14-11-19(12-15-29)16-20-17-21(27)23(28)25-24(20)32-18-22(33-25)26(30)31;/h17,19,22H,2-16,18,28H2,1H3,(H,30,31);1H. The first kappa shape index (κ1) is 28.9. The van der Waals surface area contributed by atoms with E-state index in [2.05, 4.69) is 11.8 Å². The third-order valence-corrected chi connectivity index (χ3v) is 7.32. The quantitative estimate of drug-likeness (QED) is 0.234. The summed E-state index contributed by atoms with van der Waals surface area (Å²) in [5.41, 5.74) is 7.26. The predicted molar refractivity (Wildman–Crippen MR) is 141 cm³/mol. The van der Waals surface area contributed by atoms with Crippen LogP contribution in [-0.2, 0) is 11.2 Å². The summed E-state index contributed by atoms with van der Waals surface area (Å²) < 4.78 is 11.4. The second kappa shape index (κ2) is 14.9. The van der Waals surface area contributed by atoms with Crippen molar-refractivity contribution in [3.05, 3.63) is 16.7 Å². The molecule has 8 heteroatoms. The lowest BCUT2D eigenvalue weighted by molar-refractivity contribution is -0.147. The topological polar surface area (TPSA) is 85.0 Å². The maximum Gasteiger partial charge on any atom is 0.348 e. The fourth-order valence-electron chi connectivity index (χ4n) is 4.93. The van der Waals surface area contributed by atoms with Crippen LogP contribution in [0.4, 0.5) is 5.69 Å². The number of nitrogens with zero attached hydrogens (tertiary/aromatic N) is 1. The summed E-state index contributed by atoms with van der Waals surface area (Å²) in [7, 11) is 0. The number of benzene rings is 1. The smallest absolute Gasteiger partial charge is 0.348 e. The van der Waals surface area contributed by atoms with Crippen molar-refractivity contribution in [3.63, 3.8) is 0 Å². The van der Waals surface area contributed by atoms with Crippen LogP contribution in [0.1, 0.15) is 83.1 Å². The Bertz CT molecular complexity index is 770. The molecule has 1 atom stereocenters. The molecule has 1 unspecified atom stereocenters. The minimum absolute atomic E-state index is 0. The number of nitrogens with two attached hydrogens (primary N) is 1. The molecule has 2 heterocycles. The highest BCUT2D eigenvalue weighted by atomic mass is 35.5. The second-order valence-electron chi connectivity index (χ2n) is 9.66. The predicted octanol–water partition coefficient (Wildman–Crippen LogP) is 6.35. The molecule has 1 fully saturated rings. The average molecular weight is 518 g/mol. The first-order valence-electron chi connectivity index (χ1n) is 12.8. The summed E-state index contributed by atoms with van der Waals surface area (Å²) in [6, 6.07) is 1.86. The SMILES string of the molecule is CCCCCCCCCCCN1CCC(Cc2cc(Cl)c(N)c3c2OCC(C(=O)O)O3)CC1.Cl. The first-order valence-corrected chi connectivity index (χ1v) is 13.2. The number of anilines is 1. The van der Waals surface area contributed by atoms with Crippen molar-refractivity contribution in [2.45, 2.75) is 90.1 Å². The fourth-order valence-corrected chi connectivity index (χ4v) is 5.15. The molecule has 3 N–H and O–H groups in total. The van der Waals surface area contributed by atoms with Gasteiger partial charge in [0.15, 0.2) is 11.5 Å². The van der Waals surface area contributed by atoms with Crippen molar-refractivity contribution in [2.24, 2.45) is 5.92 Å². The van der Waals surface area contributed by atoms with E-state index < -0.39 is 12.1 Å². The number of aliphatic carboxylic acids is 1. The van der Waals surface area contributed by atoms with Gasteiger partial charge in [0.2, 0.25) is 6.10 Å². The summed E-state index contributed by atoms with van der Waals surface area (Å²) >= 11 is 6.33. The molecule has 0 bridgehead atoms. The summed E-state index contributed by atoms with van der Waals surface area (Å²) in [6.45, 7) is 5.72. The van der Waals surface area contributed by atoms with Crippen LogP contribution >= 0.6 is 24.0 Å². The van der Waals surface area contributed by atoms with E-state index in [1.807, 2.05) is 6.07 Å². The van der Waals surface area contributed by atoms with Crippen molar-refractivity contribution in [1.29, 1.82) is 0 Å². The van der Waals surface area contributed by atoms with Gasteiger partial charge in [-0.2, -0.15) is 0 Å². The Morgan fingerprint density at radius 3 is 2.32 bits per heavy atom. The number of carbonyl (C=O) groups is 1. The molecule has 0 aliphatic carbocycles. The van der Waals surface area contributed by atoms with Gasteiger partial charge in [-0.3, -0.25) is 0 Å². The van der Waals surface area contributed by atoms with Crippen LogP contribution in [0, 0.1) is 5.92 Å². The van der Waals surface area contributed by atoms with Gasteiger partial charge in [0.05, 0.1) is 10.7 Å². The van der Waals surface area contributed by atoms with Gasteiger partial charge in [-0.05, 0) is 62.9 Å². The molecule has 2 aliphatic rings. The molecule has 0 radical (unpaired) electrons. The van der Waals surface area contributed by atoms with Gasteiger partial charge < -0.3 is 25.2 Å². The van der Waals surface area contributed by atoms with Crippen molar-refractivity contribution in [3.8, 4) is 11.5 Å². The van der Waals surface area contributed by atoms with Gasteiger partial charge in [-0.1, -0.05) is 69.9 Å². The minimum Gasteiger partial charge on any atom is -0.485 e. The Kier molecular flexibility index (Phi) is 12.6. The van der Waals surface area contributed by atoms with Crippen molar-refractivity contribution in [2.75, 3.05) is 32.0 Å². The molecule has 1 aromatic carbocycles. The number of carboxylic acid groups (broad SMARTS) is 1. The largest absolute Gasteiger partial charge is 0.485 e. The van der Waals surface area contributed by atoms with E-state index in [-0.39, 0.29) is 30.5 Å². The van der Waals surface area contributed by atoms with Crippen LogP contribution in [0.3, 0.4) is 0 Å². The highest BCUT2D eigenvalue weighted by molar-refractivity contribution is 6.33. The van der Waals surface area contributed by atoms with Gasteiger partial charge in [-0.25, -0.2) is 4.79 Å². The highest BCUT2D eigenvalue weighted by Crippen LogP contribution is 2.45. The Morgan fingerprint density at radius 1 is 1.09 bits per heavy atom. The number of unbranched alkanes of at least 4 members (excludes halogenated alkanes) is 8. The van der Waals surface area contributed by atoms with Crippen molar-refractivity contribution in [1.82, 2.24) is 4.90 Å². The van der Waals surface area contributed by atoms with Crippen molar-refractivity contribution >= 4 is 35.7 Å². The molecule has 1 saturated heterocycles. The summed E-state index contributed by atoms with van der Waals surface area (Å²) in [4.78, 5) is 13.9. The third kappa shape index (κ3) is 8.39. The van der Waals surface area contributed by atoms with E-state index in [0.29, 0.717) is 16.7 Å². The minimum atomic E-state index is -1.07. The van der Waals surface area contributed by atoms with Crippen LogP contribution in [0.15, 0.2) is 6.07 Å². The molecule has 194 valence electrons. The maximum atomic E-state index is 11.3. The van der Waals surface area contributed by atoms with Crippen LogP contribution in [0.25, 0.3) is 0 Å². The van der Waals surface area contributed by atoms with Crippen LogP contribution in [0.2, 0.25) is 5.02 Å². The number of halogens is 2. The van der Waals surface area contributed by atoms with Crippen LogP contribution < -0.4 is 15.2 Å². The summed E-state index contributed by atoms with van der Waals surface area (Å²) in [5, 5.41) is 9.63. The number of hydrogen-bond acceptors (Lipinski definition) is 5. The molecule has 3 rings (SSSR count). The number of ether oxygens (including phenoxy) is 2. The lowest BCUT2D eigenvalue weighted by atomic mass is 9.89. The molecule has 0 spiro atoms. The van der Waals surface area contributed by atoms with E-state index in [4.69, 9.17) is 26.8 Å². The zero-order valence-corrected chi connectivity index (χ0v) is 22.1. The Balaban J connectivity index is 0.00000408. The molecule has 0 aromatic heterocycles. The summed E-state index contributed by atoms with van der Waals surface area (Å²) in [5.74, 6) is 0.320. The number of fused-ring (bicyclic) bond motifs is 1. The van der Waals surface area contributed by atoms with Gasteiger partial charge in [0, 0.05) is 0 Å². The van der Waals surface area contributed by atoms with Gasteiger partial charge in [0.25, 0.3) is 0 Å². The highest BCUT2D eigenvalue weighted by Gasteiger charge is 2.32. The molecule has 6 nitrogen and oxygen atoms in total. The molecule has 0 saturated carbocycles. The third-order valence-electron chi connectivity index (χ3n) is 7.01. The Labute approximate surface area is 215 Å². The van der Waals surface area contributed by atoms with Gasteiger partial charge in [0.1, 0.15) is 6.61 Å². The zero-order chi connectivity index (χ0) is 23.6.